The van der Waals surface area contributed by atoms with Crippen molar-refractivity contribution in [1.29, 1.82) is 0 Å². The predicted molar refractivity (Wildman–Crippen MR) is 85.4 cm³/mol. The summed E-state index contributed by atoms with van der Waals surface area (Å²) in [6.07, 6.45) is -4.62. The molecule has 11 nitrogen and oxygen atoms in total. The minimum atomic E-state index is -4.62. The van der Waals surface area contributed by atoms with Crippen LogP contribution >= 0.6 is 11.8 Å². The number of nitro benzene ring substituents is 1. The molecule has 1 amide bonds. The lowest BCUT2D eigenvalue weighted by atomic mass is 10.2. The first-order valence-corrected chi connectivity index (χ1v) is 8.07. The highest BCUT2D eigenvalue weighted by Crippen LogP contribution is 2.31. The number of alkyl halides is 3. The Morgan fingerprint density at radius 3 is 2.68 bits per heavy atom. The van der Waals surface area contributed by atoms with Crippen LogP contribution in [-0.4, -0.2) is 56.3 Å². The molecule has 0 unspecified atom stereocenters. The van der Waals surface area contributed by atoms with E-state index in [1.165, 1.54) is 23.1 Å². The van der Waals surface area contributed by atoms with Gasteiger partial charge in [-0.15, -0.1) is 5.10 Å². The molecule has 1 heterocycles. The van der Waals surface area contributed by atoms with E-state index in [1.54, 1.807) is 0 Å². The second-order valence-corrected chi connectivity index (χ2v) is 6.10. The van der Waals surface area contributed by atoms with Crippen molar-refractivity contribution in [2.75, 3.05) is 13.2 Å². The maximum Gasteiger partial charge on any atom is 0.405 e. The summed E-state index contributed by atoms with van der Waals surface area (Å²) in [5, 5.41) is 23.4. The lowest BCUT2D eigenvalue weighted by Crippen LogP contribution is -2.36. The van der Waals surface area contributed by atoms with E-state index in [2.05, 4.69) is 20.3 Å². The second-order valence-electron chi connectivity index (χ2n) is 5.09. The van der Waals surface area contributed by atoms with Crippen LogP contribution in [0.5, 0.6) is 0 Å². The number of benzene rings is 1. The van der Waals surface area contributed by atoms with Gasteiger partial charge in [0, 0.05) is 24.1 Å². The first-order valence-electron chi connectivity index (χ1n) is 7.26. The van der Waals surface area contributed by atoms with E-state index in [4.69, 9.17) is 0 Å². The summed E-state index contributed by atoms with van der Waals surface area (Å²) < 4.78 is 42.1. The summed E-state index contributed by atoms with van der Waals surface area (Å²) >= 11 is 0.898. The summed E-state index contributed by atoms with van der Waals surface area (Å²) in [5.41, 5.74) is -0.695. The van der Waals surface area contributed by atoms with Gasteiger partial charge in [-0.25, -0.2) is 9.48 Å². The number of non-ortho nitro benzene ring substituents is 1. The maximum atomic E-state index is 12.2. The molecule has 2 aromatic rings. The smallest absolute Gasteiger partial charge is 0.405 e. The molecule has 0 saturated carbocycles. The molecule has 0 aliphatic carbocycles. The van der Waals surface area contributed by atoms with Gasteiger partial charge in [0.15, 0.2) is 6.61 Å². The largest absolute Gasteiger partial charge is 0.452 e. The quantitative estimate of drug-likeness (QED) is 0.396. The van der Waals surface area contributed by atoms with Crippen LogP contribution < -0.4 is 5.32 Å². The predicted octanol–water partition coefficient (Wildman–Crippen LogP) is 1.10. The van der Waals surface area contributed by atoms with Gasteiger partial charge in [0.25, 0.3) is 11.6 Å². The first kappa shape index (κ1) is 21.1. The molecule has 150 valence electrons. The van der Waals surface area contributed by atoms with E-state index in [-0.39, 0.29) is 15.6 Å². The molecule has 0 fully saturated rings. The first-order chi connectivity index (χ1) is 13.1. The Morgan fingerprint density at radius 2 is 2.11 bits per heavy atom. The molecule has 1 aromatic carbocycles. The van der Waals surface area contributed by atoms with Crippen molar-refractivity contribution in [2.45, 2.75) is 16.2 Å². The third kappa shape index (κ3) is 5.90. The number of amides is 1. The fourth-order valence-corrected chi connectivity index (χ4v) is 2.58. The third-order valence-electron chi connectivity index (χ3n) is 3.00. The number of hydrogen-bond acceptors (Lipinski definition) is 9. The van der Waals surface area contributed by atoms with Crippen LogP contribution in [-0.2, 0) is 16.6 Å². The summed E-state index contributed by atoms with van der Waals surface area (Å²) in [4.78, 5) is 34.0. The highest BCUT2D eigenvalue weighted by Gasteiger charge is 2.28. The van der Waals surface area contributed by atoms with Crippen molar-refractivity contribution in [3.8, 4) is 0 Å². The number of carbonyl (C=O) groups excluding carboxylic acids is 2. The van der Waals surface area contributed by atoms with Gasteiger partial charge in [-0.3, -0.25) is 14.9 Å². The van der Waals surface area contributed by atoms with Crippen LogP contribution in [0.15, 0.2) is 28.3 Å². The summed E-state index contributed by atoms with van der Waals surface area (Å²) in [6.45, 7) is -2.58. The van der Waals surface area contributed by atoms with Gasteiger partial charge in [0.1, 0.15) is 6.54 Å². The summed E-state index contributed by atoms with van der Waals surface area (Å²) in [6, 6.07) is 3.32. The zero-order valence-corrected chi connectivity index (χ0v) is 14.8. The van der Waals surface area contributed by atoms with Gasteiger partial charge < -0.3 is 10.1 Å². The SMILES string of the molecule is Cn1nnnc1Sc1ccc([N+](=O)[O-])cc1C(=O)OCC(=O)NCC(F)(F)F. The monoisotopic (exact) mass is 420 g/mol. The Kier molecular flexibility index (Phi) is 6.50. The van der Waals surface area contributed by atoms with Crippen molar-refractivity contribution in [3.05, 3.63) is 33.9 Å². The van der Waals surface area contributed by atoms with Crippen LogP contribution in [0.2, 0.25) is 0 Å². The molecule has 0 saturated heterocycles. The Balaban J connectivity index is 2.15. The number of nitrogens with one attached hydrogen (secondary N) is 1. The minimum absolute atomic E-state index is 0.184. The average Bonchev–Trinajstić information content (AvgIpc) is 3.02. The summed E-state index contributed by atoms with van der Waals surface area (Å²) in [7, 11) is 1.52. The fraction of sp³-hybridized carbons (Fsp3) is 0.308. The standard InChI is InChI=1S/C13H11F3N6O5S/c1-21-12(18-19-20-21)28-9-3-2-7(22(25)26)4-8(9)11(24)27-5-10(23)17-6-13(14,15)16/h2-4H,5-6H2,1H3,(H,17,23). The van der Waals surface area contributed by atoms with Crippen LogP contribution in [0.1, 0.15) is 10.4 Å². The van der Waals surface area contributed by atoms with E-state index in [0.29, 0.717) is 0 Å². The van der Waals surface area contributed by atoms with E-state index in [1.807, 2.05) is 0 Å². The molecular weight excluding hydrogens is 409 g/mol. The molecule has 0 bridgehead atoms. The number of halogens is 3. The number of tetrazole rings is 1. The molecule has 0 radical (unpaired) electrons. The van der Waals surface area contributed by atoms with Crippen LogP contribution in [0, 0.1) is 10.1 Å². The maximum absolute atomic E-state index is 12.2. The minimum Gasteiger partial charge on any atom is -0.452 e. The molecule has 28 heavy (non-hydrogen) atoms. The van der Waals surface area contributed by atoms with Crippen molar-refractivity contribution in [2.24, 2.45) is 7.05 Å². The van der Waals surface area contributed by atoms with E-state index >= 15 is 0 Å². The Labute approximate surface area is 158 Å². The number of aromatic nitrogens is 4. The number of carbonyl (C=O) groups is 2. The van der Waals surface area contributed by atoms with Gasteiger partial charge in [-0.1, -0.05) is 0 Å². The van der Waals surface area contributed by atoms with Crippen LogP contribution in [0.25, 0.3) is 0 Å². The molecule has 0 spiro atoms. The summed E-state index contributed by atoms with van der Waals surface area (Å²) in [5.74, 6) is -2.31. The zero-order chi connectivity index (χ0) is 20.9. The lowest BCUT2D eigenvalue weighted by Gasteiger charge is -2.10. The van der Waals surface area contributed by atoms with E-state index in [0.717, 1.165) is 23.9 Å². The zero-order valence-electron chi connectivity index (χ0n) is 14.0. The lowest BCUT2D eigenvalue weighted by molar-refractivity contribution is -0.384. The highest BCUT2D eigenvalue weighted by molar-refractivity contribution is 7.99. The number of hydrogen-bond donors (Lipinski definition) is 1. The third-order valence-corrected chi connectivity index (χ3v) is 4.10. The van der Waals surface area contributed by atoms with Gasteiger partial charge >= 0.3 is 12.1 Å². The molecule has 1 N–H and O–H groups in total. The van der Waals surface area contributed by atoms with Gasteiger partial charge in [0.2, 0.25) is 5.16 Å². The molecular formula is C13H11F3N6O5S. The van der Waals surface area contributed by atoms with Gasteiger partial charge in [0.05, 0.1) is 10.5 Å². The number of aryl methyl sites for hydroxylation is 1. The number of ether oxygens (including phenoxy) is 1. The molecule has 0 atom stereocenters. The van der Waals surface area contributed by atoms with E-state index < -0.39 is 41.8 Å². The number of nitro groups is 1. The normalized spacial score (nSPS) is 11.1. The molecule has 15 heteroatoms. The Bertz CT molecular complexity index is 903. The van der Waals surface area contributed by atoms with Gasteiger partial charge in [-0.05, 0) is 28.3 Å². The fourth-order valence-electron chi connectivity index (χ4n) is 1.74. The number of rotatable bonds is 7. The Morgan fingerprint density at radius 1 is 1.39 bits per heavy atom. The second kappa shape index (κ2) is 8.64. The van der Waals surface area contributed by atoms with Gasteiger partial charge in [-0.2, -0.15) is 13.2 Å². The number of nitrogens with zero attached hydrogens (tertiary/aromatic N) is 5. The topological polar surface area (TPSA) is 142 Å². The molecule has 2 rings (SSSR count). The van der Waals surface area contributed by atoms with Crippen molar-refractivity contribution >= 4 is 29.3 Å². The molecule has 0 aliphatic rings. The van der Waals surface area contributed by atoms with Crippen molar-refractivity contribution < 1.29 is 32.4 Å². The van der Waals surface area contributed by atoms with E-state index in [9.17, 15) is 32.9 Å². The highest BCUT2D eigenvalue weighted by atomic mass is 32.2. The van der Waals surface area contributed by atoms with Crippen molar-refractivity contribution in [1.82, 2.24) is 25.5 Å². The van der Waals surface area contributed by atoms with Crippen LogP contribution in [0.3, 0.4) is 0 Å². The average molecular weight is 420 g/mol. The number of esters is 1. The molecule has 1 aromatic heterocycles. The molecule has 0 aliphatic heterocycles. The van der Waals surface area contributed by atoms with Crippen LogP contribution in [0.4, 0.5) is 18.9 Å². The van der Waals surface area contributed by atoms with Crippen molar-refractivity contribution in [3.63, 3.8) is 0 Å². The Hall–Kier alpha value is -3.23.